The Morgan fingerprint density at radius 1 is 1.16 bits per heavy atom. The third kappa shape index (κ3) is 4.00. The molecule has 1 aromatic carbocycles. The maximum atomic E-state index is 9.50. The third-order valence-corrected chi connectivity index (χ3v) is 4.17. The van der Waals surface area contributed by atoms with E-state index in [0.717, 1.165) is 24.1 Å². The Bertz CT molecular complexity index is 780. The quantitative estimate of drug-likeness (QED) is 0.822. The molecular weight excluding hydrogens is 316 g/mol. The molecule has 0 spiro atoms. The van der Waals surface area contributed by atoms with Crippen molar-refractivity contribution in [3.8, 4) is 28.8 Å². The van der Waals surface area contributed by atoms with Gasteiger partial charge in [-0.3, -0.25) is 0 Å². The van der Waals surface area contributed by atoms with Crippen LogP contribution in [0.15, 0.2) is 18.2 Å². The van der Waals surface area contributed by atoms with Gasteiger partial charge in [0.25, 0.3) is 0 Å². The van der Waals surface area contributed by atoms with Crippen molar-refractivity contribution in [3.63, 3.8) is 0 Å². The lowest BCUT2D eigenvalue weighted by atomic mass is 10.1. The summed E-state index contributed by atoms with van der Waals surface area (Å²) in [6, 6.07) is 7.90. The van der Waals surface area contributed by atoms with Crippen LogP contribution in [0.25, 0.3) is 11.3 Å². The number of nitriles is 1. The van der Waals surface area contributed by atoms with Gasteiger partial charge < -0.3 is 14.8 Å². The maximum Gasteiger partial charge on any atom is 0.183 e. The predicted molar refractivity (Wildman–Crippen MR) is 98.0 cm³/mol. The van der Waals surface area contributed by atoms with Crippen LogP contribution in [-0.2, 0) is 0 Å². The molecule has 0 bridgehead atoms. The van der Waals surface area contributed by atoms with Crippen LogP contribution in [0.4, 0.5) is 5.82 Å². The average Bonchev–Trinajstić information content (AvgIpc) is 2.65. The molecule has 1 N–H and O–H groups in total. The van der Waals surface area contributed by atoms with Gasteiger partial charge in [0.05, 0.1) is 25.6 Å². The van der Waals surface area contributed by atoms with Gasteiger partial charge in [0.2, 0.25) is 0 Å². The Morgan fingerprint density at radius 3 is 2.44 bits per heavy atom. The van der Waals surface area contributed by atoms with Gasteiger partial charge in [0.15, 0.2) is 11.5 Å². The summed E-state index contributed by atoms with van der Waals surface area (Å²) in [5, 5.41) is 12.8. The van der Waals surface area contributed by atoms with E-state index in [9.17, 15) is 5.26 Å². The molecule has 0 aliphatic rings. The fourth-order valence-corrected chi connectivity index (χ4v) is 2.63. The van der Waals surface area contributed by atoms with Gasteiger partial charge in [0, 0.05) is 17.7 Å². The summed E-state index contributed by atoms with van der Waals surface area (Å²) < 4.78 is 10.7. The summed E-state index contributed by atoms with van der Waals surface area (Å²) in [6.07, 6.45) is 1.91. The fraction of sp³-hybridized carbons (Fsp3) is 0.421. The number of aromatic nitrogens is 2. The largest absolute Gasteiger partial charge is 0.497 e. The van der Waals surface area contributed by atoms with Gasteiger partial charge in [-0.15, -0.1) is 0 Å². The number of hydrogen-bond acceptors (Lipinski definition) is 6. The molecule has 1 aromatic heterocycles. The zero-order valence-corrected chi connectivity index (χ0v) is 15.4. The molecule has 0 amide bonds. The molecule has 2 aromatic rings. The predicted octanol–water partition coefficient (Wildman–Crippen LogP) is 3.94. The summed E-state index contributed by atoms with van der Waals surface area (Å²) >= 11 is 0. The van der Waals surface area contributed by atoms with Crippen LogP contribution >= 0.6 is 0 Å². The van der Waals surface area contributed by atoms with Crippen LogP contribution in [0.1, 0.15) is 38.1 Å². The summed E-state index contributed by atoms with van der Waals surface area (Å²) in [4.78, 5) is 9.13. The molecule has 1 heterocycles. The Kier molecular flexibility index (Phi) is 6.18. The molecular formula is C19H24N4O2. The van der Waals surface area contributed by atoms with Crippen molar-refractivity contribution >= 4 is 5.82 Å². The number of nitrogens with zero attached hydrogens (tertiary/aromatic N) is 3. The second-order valence-corrected chi connectivity index (χ2v) is 5.69. The Hall–Kier alpha value is -2.81. The van der Waals surface area contributed by atoms with Gasteiger partial charge in [-0.05, 0) is 31.9 Å². The molecule has 2 rings (SSSR count). The Morgan fingerprint density at radius 2 is 1.88 bits per heavy atom. The van der Waals surface area contributed by atoms with E-state index in [0.29, 0.717) is 23.0 Å². The van der Waals surface area contributed by atoms with Crippen molar-refractivity contribution in [1.82, 2.24) is 9.97 Å². The standard InChI is InChI=1S/C19H24N4O2/c1-6-13(7-2)22-19-16(11-20)23-18(12(3)21-19)15-9-8-14(24-4)10-17(15)25-5/h8-10,13H,6-7H2,1-5H3,(H,21,22). The lowest BCUT2D eigenvalue weighted by molar-refractivity contribution is 0.395. The Balaban J connectivity index is 2.52. The molecule has 6 heteroatoms. The summed E-state index contributed by atoms with van der Waals surface area (Å²) in [6.45, 7) is 6.08. The molecule has 0 saturated carbocycles. The van der Waals surface area contributed by atoms with Crippen molar-refractivity contribution < 1.29 is 9.47 Å². The van der Waals surface area contributed by atoms with E-state index in [1.807, 2.05) is 19.1 Å². The van der Waals surface area contributed by atoms with Crippen molar-refractivity contribution in [1.29, 1.82) is 5.26 Å². The van der Waals surface area contributed by atoms with Crippen molar-refractivity contribution in [2.45, 2.75) is 39.7 Å². The molecule has 0 aliphatic heterocycles. The highest BCUT2D eigenvalue weighted by Gasteiger charge is 2.17. The molecule has 0 unspecified atom stereocenters. The number of ether oxygens (including phenoxy) is 2. The first-order chi connectivity index (χ1) is 12.1. The van der Waals surface area contributed by atoms with Crippen LogP contribution in [0.3, 0.4) is 0 Å². The van der Waals surface area contributed by atoms with Gasteiger partial charge in [-0.25, -0.2) is 9.97 Å². The van der Waals surface area contributed by atoms with E-state index in [1.54, 1.807) is 20.3 Å². The minimum Gasteiger partial charge on any atom is -0.497 e. The Labute approximate surface area is 148 Å². The lowest BCUT2D eigenvalue weighted by Crippen LogP contribution is -2.19. The van der Waals surface area contributed by atoms with Gasteiger partial charge in [0.1, 0.15) is 17.6 Å². The summed E-state index contributed by atoms with van der Waals surface area (Å²) in [7, 11) is 3.20. The van der Waals surface area contributed by atoms with E-state index in [2.05, 4.69) is 35.2 Å². The van der Waals surface area contributed by atoms with Crippen molar-refractivity contribution in [2.75, 3.05) is 19.5 Å². The van der Waals surface area contributed by atoms with E-state index in [-0.39, 0.29) is 11.7 Å². The van der Waals surface area contributed by atoms with Crippen LogP contribution < -0.4 is 14.8 Å². The first-order valence-corrected chi connectivity index (χ1v) is 8.35. The number of methoxy groups -OCH3 is 2. The topological polar surface area (TPSA) is 80.1 Å². The SMILES string of the molecule is CCC(CC)Nc1nc(C)c(-c2ccc(OC)cc2OC)nc1C#N. The highest BCUT2D eigenvalue weighted by atomic mass is 16.5. The van der Waals surface area contributed by atoms with Crippen LogP contribution in [-0.4, -0.2) is 30.2 Å². The van der Waals surface area contributed by atoms with E-state index >= 15 is 0 Å². The zero-order valence-electron chi connectivity index (χ0n) is 15.4. The molecule has 0 saturated heterocycles. The molecule has 6 nitrogen and oxygen atoms in total. The summed E-state index contributed by atoms with van der Waals surface area (Å²) in [5.74, 6) is 1.85. The first kappa shape index (κ1) is 18.5. The van der Waals surface area contributed by atoms with Gasteiger partial charge in [-0.1, -0.05) is 13.8 Å². The minimum atomic E-state index is 0.266. The number of benzene rings is 1. The van der Waals surface area contributed by atoms with Crippen LogP contribution in [0.5, 0.6) is 11.5 Å². The monoisotopic (exact) mass is 340 g/mol. The number of nitrogens with one attached hydrogen (secondary N) is 1. The number of rotatable bonds is 7. The van der Waals surface area contributed by atoms with Crippen LogP contribution in [0.2, 0.25) is 0 Å². The smallest absolute Gasteiger partial charge is 0.183 e. The van der Waals surface area contributed by atoms with E-state index < -0.39 is 0 Å². The van der Waals surface area contributed by atoms with Crippen molar-refractivity contribution in [3.05, 3.63) is 29.6 Å². The van der Waals surface area contributed by atoms with Gasteiger partial charge >= 0.3 is 0 Å². The second-order valence-electron chi connectivity index (χ2n) is 5.69. The minimum absolute atomic E-state index is 0.266. The molecule has 0 atom stereocenters. The highest BCUT2D eigenvalue weighted by molar-refractivity contribution is 5.72. The first-order valence-electron chi connectivity index (χ1n) is 8.35. The molecule has 0 fully saturated rings. The third-order valence-electron chi connectivity index (χ3n) is 4.17. The van der Waals surface area contributed by atoms with Crippen LogP contribution in [0, 0.1) is 18.3 Å². The number of aryl methyl sites for hydroxylation is 1. The molecule has 0 radical (unpaired) electrons. The molecule has 132 valence electrons. The summed E-state index contributed by atoms with van der Waals surface area (Å²) in [5.41, 5.74) is 2.42. The average molecular weight is 340 g/mol. The zero-order chi connectivity index (χ0) is 18.4. The second kappa shape index (κ2) is 8.34. The fourth-order valence-electron chi connectivity index (χ4n) is 2.63. The van der Waals surface area contributed by atoms with Crippen molar-refractivity contribution in [2.24, 2.45) is 0 Å². The maximum absolute atomic E-state index is 9.50. The number of hydrogen-bond donors (Lipinski definition) is 1. The van der Waals surface area contributed by atoms with E-state index in [4.69, 9.17) is 9.47 Å². The lowest BCUT2D eigenvalue weighted by Gasteiger charge is -2.18. The highest BCUT2D eigenvalue weighted by Crippen LogP contribution is 2.34. The van der Waals surface area contributed by atoms with E-state index in [1.165, 1.54) is 0 Å². The van der Waals surface area contributed by atoms with Gasteiger partial charge in [-0.2, -0.15) is 5.26 Å². The number of anilines is 1. The normalized spacial score (nSPS) is 10.4. The molecule has 25 heavy (non-hydrogen) atoms. The molecule has 0 aliphatic carbocycles.